The Bertz CT molecular complexity index is 1080. The lowest BCUT2D eigenvalue weighted by Crippen LogP contribution is -2.29. The Morgan fingerprint density at radius 2 is 1.94 bits per heavy atom. The second kappa shape index (κ2) is 10.4. The van der Waals surface area contributed by atoms with E-state index in [9.17, 15) is 14.4 Å². The fourth-order valence-corrected chi connectivity index (χ4v) is 4.74. The minimum Gasteiger partial charge on any atom is -0.484 e. The number of amides is 1. The fraction of sp³-hybridized carbons (Fsp3) is 0.217. The molecule has 1 N–H and O–H groups in total. The summed E-state index contributed by atoms with van der Waals surface area (Å²) < 4.78 is 18.3. The number of thiophene rings is 1. The lowest BCUT2D eigenvalue weighted by molar-refractivity contribution is -0.118. The lowest BCUT2D eigenvalue weighted by Gasteiger charge is -2.26. The summed E-state index contributed by atoms with van der Waals surface area (Å²) in [6.45, 7) is 2.27. The first-order valence-corrected chi connectivity index (χ1v) is 10.4. The maximum atomic E-state index is 13.0. The number of carbonyl (C=O) groups is 1. The highest BCUT2D eigenvalue weighted by Crippen LogP contribution is 2.37. The van der Waals surface area contributed by atoms with E-state index in [0.717, 1.165) is 36.5 Å². The van der Waals surface area contributed by atoms with E-state index in [1.165, 1.54) is 41.2 Å². The molecule has 0 radical (unpaired) electrons. The smallest absolute Gasteiger partial charge is 0.262 e. The Kier molecular flexibility index (Phi) is 7.64. The number of anilines is 1. The average Bonchev–Trinajstić information content (AvgIpc) is 3.10. The topological polar surface area (TPSA) is 65.4 Å². The quantitative estimate of drug-likeness (QED) is 0.579. The normalized spacial score (nSPS) is 12.9. The van der Waals surface area contributed by atoms with Gasteiger partial charge in [0.05, 0.1) is 5.56 Å². The van der Waals surface area contributed by atoms with E-state index in [4.69, 9.17) is 4.74 Å². The highest BCUT2D eigenvalue weighted by molar-refractivity contribution is 7.16. The summed E-state index contributed by atoms with van der Waals surface area (Å²) in [6, 6.07) is 18.0. The molecule has 0 unspecified atom stereocenters. The van der Waals surface area contributed by atoms with E-state index < -0.39 is 0 Å². The molecule has 8 heteroatoms. The van der Waals surface area contributed by atoms with Gasteiger partial charge in [0, 0.05) is 24.5 Å². The molecule has 0 aliphatic carbocycles. The SMILES string of the molecule is Cl.N#Cc1c(NC(=O)COc2ccc(F)cc2)sc2c1CCN(Cc1ccccc1)C2. The van der Waals surface area contributed by atoms with Crippen LogP contribution in [0.4, 0.5) is 9.39 Å². The number of rotatable bonds is 6. The molecule has 0 atom stereocenters. The van der Waals surface area contributed by atoms with Gasteiger partial charge in [-0.05, 0) is 41.8 Å². The minimum atomic E-state index is -0.365. The lowest BCUT2D eigenvalue weighted by atomic mass is 10.0. The molecular weight excluding hydrogens is 437 g/mol. The summed E-state index contributed by atoms with van der Waals surface area (Å²) in [5, 5.41) is 13.0. The standard InChI is InChI=1S/C23H20FN3O2S.ClH/c24-17-6-8-18(9-7-17)29-15-22(28)26-23-20(12-25)19-10-11-27(14-21(19)30-23)13-16-4-2-1-3-5-16;/h1-9H,10-11,13-15H2,(H,26,28);1H. The van der Waals surface area contributed by atoms with E-state index >= 15 is 0 Å². The molecule has 1 aliphatic heterocycles. The zero-order valence-corrected chi connectivity index (χ0v) is 18.3. The van der Waals surface area contributed by atoms with Gasteiger partial charge in [0.25, 0.3) is 5.91 Å². The molecule has 0 bridgehead atoms. The zero-order chi connectivity index (χ0) is 20.9. The van der Waals surface area contributed by atoms with Gasteiger partial charge in [0.2, 0.25) is 0 Å². The minimum absolute atomic E-state index is 0. The van der Waals surface area contributed by atoms with Crippen molar-refractivity contribution >= 4 is 34.7 Å². The second-order valence-electron chi connectivity index (χ2n) is 7.06. The summed E-state index contributed by atoms with van der Waals surface area (Å²) >= 11 is 1.45. The Labute approximate surface area is 190 Å². The number of nitrogens with zero attached hydrogens (tertiary/aromatic N) is 2. The molecule has 1 aromatic heterocycles. The molecule has 5 nitrogen and oxygen atoms in total. The van der Waals surface area contributed by atoms with E-state index in [1.807, 2.05) is 18.2 Å². The van der Waals surface area contributed by atoms with Crippen molar-refractivity contribution in [2.24, 2.45) is 0 Å². The Morgan fingerprint density at radius 1 is 1.19 bits per heavy atom. The van der Waals surface area contributed by atoms with Gasteiger partial charge in [-0.3, -0.25) is 9.69 Å². The van der Waals surface area contributed by atoms with Crippen LogP contribution in [0.3, 0.4) is 0 Å². The molecule has 0 saturated carbocycles. The van der Waals surface area contributed by atoms with Gasteiger partial charge >= 0.3 is 0 Å². The van der Waals surface area contributed by atoms with Crippen LogP contribution < -0.4 is 10.1 Å². The Hall–Kier alpha value is -2.92. The summed E-state index contributed by atoms with van der Waals surface area (Å²) in [6.07, 6.45) is 0.781. The molecule has 31 heavy (non-hydrogen) atoms. The van der Waals surface area contributed by atoms with Crippen molar-refractivity contribution in [2.75, 3.05) is 18.5 Å². The number of nitriles is 1. The van der Waals surface area contributed by atoms with E-state index in [2.05, 4.69) is 28.4 Å². The molecule has 0 fully saturated rings. The number of hydrogen-bond donors (Lipinski definition) is 1. The van der Waals surface area contributed by atoms with Crippen LogP contribution in [-0.2, 0) is 24.3 Å². The van der Waals surface area contributed by atoms with Crippen LogP contribution in [0.25, 0.3) is 0 Å². The fourth-order valence-electron chi connectivity index (χ4n) is 3.48. The molecule has 2 aromatic carbocycles. The molecule has 4 rings (SSSR count). The molecule has 0 spiro atoms. The number of nitrogens with one attached hydrogen (secondary N) is 1. The van der Waals surface area contributed by atoms with Crippen LogP contribution in [-0.4, -0.2) is 24.0 Å². The maximum absolute atomic E-state index is 13.0. The van der Waals surface area contributed by atoms with E-state index in [1.54, 1.807) is 0 Å². The first kappa shape index (κ1) is 22.8. The molecular formula is C23H21ClFN3O2S. The maximum Gasteiger partial charge on any atom is 0.262 e. The molecule has 3 aromatic rings. The third kappa shape index (κ3) is 5.61. The van der Waals surface area contributed by atoms with Crippen molar-refractivity contribution in [1.29, 1.82) is 5.26 Å². The number of hydrogen-bond acceptors (Lipinski definition) is 5. The Morgan fingerprint density at radius 3 is 2.65 bits per heavy atom. The van der Waals surface area contributed by atoms with Crippen molar-refractivity contribution in [2.45, 2.75) is 19.5 Å². The molecule has 1 amide bonds. The second-order valence-corrected chi connectivity index (χ2v) is 8.16. The molecule has 2 heterocycles. The number of benzene rings is 2. The van der Waals surface area contributed by atoms with Crippen molar-refractivity contribution in [3.8, 4) is 11.8 Å². The highest BCUT2D eigenvalue weighted by Gasteiger charge is 2.25. The van der Waals surface area contributed by atoms with Crippen molar-refractivity contribution in [1.82, 2.24) is 4.90 Å². The van der Waals surface area contributed by atoms with Gasteiger partial charge < -0.3 is 10.1 Å². The monoisotopic (exact) mass is 457 g/mol. The van der Waals surface area contributed by atoms with Gasteiger partial charge in [-0.15, -0.1) is 23.7 Å². The van der Waals surface area contributed by atoms with E-state index in [0.29, 0.717) is 16.3 Å². The number of halogens is 2. The molecule has 0 saturated heterocycles. The highest BCUT2D eigenvalue weighted by atomic mass is 35.5. The summed E-state index contributed by atoms with van der Waals surface area (Å²) in [4.78, 5) is 15.8. The van der Waals surface area contributed by atoms with Gasteiger partial charge in [-0.1, -0.05) is 30.3 Å². The predicted molar refractivity (Wildman–Crippen MR) is 121 cm³/mol. The van der Waals surface area contributed by atoms with Gasteiger partial charge in [0.15, 0.2) is 6.61 Å². The van der Waals surface area contributed by atoms with Crippen LogP contribution in [0.1, 0.15) is 21.6 Å². The van der Waals surface area contributed by atoms with Crippen molar-refractivity contribution < 1.29 is 13.9 Å². The summed E-state index contributed by atoms with van der Waals surface area (Å²) in [5.41, 5.74) is 2.83. The van der Waals surface area contributed by atoms with Crippen LogP contribution in [0.5, 0.6) is 5.75 Å². The first-order valence-electron chi connectivity index (χ1n) is 9.61. The summed E-state index contributed by atoms with van der Waals surface area (Å²) in [5.74, 6) is -0.305. The van der Waals surface area contributed by atoms with Crippen LogP contribution >= 0.6 is 23.7 Å². The summed E-state index contributed by atoms with van der Waals surface area (Å²) in [7, 11) is 0. The van der Waals surface area contributed by atoms with Gasteiger partial charge in [-0.2, -0.15) is 5.26 Å². The van der Waals surface area contributed by atoms with Crippen molar-refractivity contribution in [3.05, 3.63) is 82.0 Å². The third-order valence-electron chi connectivity index (χ3n) is 4.93. The third-order valence-corrected chi connectivity index (χ3v) is 6.07. The van der Waals surface area contributed by atoms with Crippen molar-refractivity contribution in [3.63, 3.8) is 0 Å². The largest absolute Gasteiger partial charge is 0.484 e. The van der Waals surface area contributed by atoms with Gasteiger partial charge in [0.1, 0.15) is 22.6 Å². The zero-order valence-electron chi connectivity index (χ0n) is 16.6. The van der Waals surface area contributed by atoms with Crippen LogP contribution in [0.2, 0.25) is 0 Å². The first-order chi connectivity index (χ1) is 14.6. The Balaban J connectivity index is 0.00000272. The van der Waals surface area contributed by atoms with Crippen LogP contribution in [0, 0.1) is 17.1 Å². The number of fused-ring (bicyclic) bond motifs is 1. The van der Waals surface area contributed by atoms with E-state index in [-0.39, 0.29) is 30.7 Å². The van der Waals surface area contributed by atoms with Crippen LogP contribution in [0.15, 0.2) is 54.6 Å². The van der Waals surface area contributed by atoms with Gasteiger partial charge in [-0.25, -0.2) is 4.39 Å². The number of carbonyl (C=O) groups excluding carboxylic acids is 1. The molecule has 1 aliphatic rings. The number of ether oxygens (including phenoxy) is 1. The predicted octanol–water partition coefficient (Wildman–Crippen LogP) is 4.76. The molecule has 160 valence electrons. The average molecular weight is 458 g/mol.